The van der Waals surface area contributed by atoms with Crippen molar-refractivity contribution in [1.29, 1.82) is 5.41 Å². The first kappa shape index (κ1) is 8.36. The smallest absolute Gasteiger partial charge is 0.0201 e. The normalized spacial score (nSPS) is 19.6. The summed E-state index contributed by atoms with van der Waals surface area (Å²) < 4.78 is 2.33. The molecular weight excluding hydrogens is 215 g/mol. The zero-order valence-corrected chi connectivity index (χ0v) is 7.02. The summed E-state index contributed by atoms with van der Waals surface area (Å²) in [5, 5.41) is 5.50. The molecule has 1 rings (SSSR count). The van der Waals surface area contributed by atoms with Crippen LogP contribution in [0.3, 0.4) is 0 Å². The SMILES string of the molecule is C=N.IN1CCCC1. The molecule has 1 aliphatic rings. The van der Waals surface area contributed by atoms with E-state index >= 15 is 0 Å². The van der Waals surface area contributed by atoms with Crippen LogP contribution in [0.2, 0.25) is 0 Å². The Morgan fingerprint density at radius 2 is 1.62 bits per heavy atom. The molecule has 0 unspecified atom stereocenters. The summed E-state index contributed by atoms with van der Waals surface area (Å²) in [7, 11) is 0. The average molecular weight is 226 g/mol. The molecule has 1 heterocycles. The van der Waals surface area contributed by atoms with E-state index in [1.165, 1.54) is 25.9 Å². The first-order valence-corrected chi connectivity index (χ1v) is 3.62. The minimum Gasteiger partial charge on any atom is -0.317 e. The van der Waals surface area contributed by atoms with Crippen LogP contribution in [0.5, 0.6) is 0 Å². The van der Waals surface area contributed by atoms with Crippen molar-refractivity contribution in [3.63, 3.8) is 0 Å². The summed E-state index contributed by atoms with van der Waals surface area (Å²) in [4.78, 5) is 0. The maximum Gasteiger partial charge on any atom is 0.0201 e. The van der Waals surface area contributed by atoms with Crippen molar-refractivity contribution in [3.8, 4) is 0 Å². The van der Waals surface area contributed by atoms with E-state index < -0.39 is 0 Å². The number of rotatable bonds is 0. The molecule has 0 saturated carbocycles. The van der Waals surface area contributed by atoms with E-state index in [9.17, 15) is 0 Å². The van der Waals surface area contributed by atoms with Gasteiger partial charge in [0.15, 0.2) is 0 Å². The van der Waals surface area contributed by atoms with Crippen LogP contribution < -0.4 is 0 Å². The standard InChI is InChI=1S/C4H8IN.CH3N/c5-6-3-1-2-4-6;1-2/h1-4H2;2H,1H2. The third kappa shape index (κ3) is 3.37. The fourth-order valence-corrected chi connectivity index (χ4v) is 1.36. The molecule has 48 valence electrons. The Hall–Kier alpha value is 0.360. The van der Waals surface area contributed by atoms with Crippen molar-refractivity contribution in [2.75, 3.05) is 13.1 Å². The van der Waals surface area contributed by atoms with Crippen LogP contribution in [0.1, 0.15) is 12.8 Å². The molecular formula is C5H11IN2. The number of hydrogen-bond donors (Lipinski definition) is 1. The largest absolute Gasteiger partial charge is 0.317 e. The average Bonchev–Trinajstić information content (AvgIpc) is 2.24. The van der Waals surface area contributed by atoms with Gasteiger partial charge in [-0.15, -0.1) is 0 Å². The van der Waals surface area contributed by atoms with E-state index in [0.717, 1.165) is 0 Å². The van der Waals surface area contributed by atoms with Crippen molar-refractivity contribution < 1.29 is 0 Å². The van der Waals surface area contributed by atoms with Gasteiger partial charge in [-0.3, -0.25) is 0 Å². The number of halogens is 1. The van der Waals surface area contributed by atoms with Gasteiger partial charge in [-0.05, 0) is 19.6 Å². The molecule has 0 aromatic carbocycles. The van der Waals surface area contributed by atoms with Crippen LogP contribution in [0.4, 0.5) is 0 Å². The van der Waals surface area contributed by atoms with Gasteiger partial charge in [0, 0.05) is 36.0 Å². The molecule has 2 nitrogen and oxygen atoms in total. The van der Waals surface area contributed by atoms with Crippen LogP contribution in [-0.2, 0) is 0 Å². The lowest BCUT2D eigenvalue weighted by Crippen LogP contribution is -2.01. The predicted molar refractivity (Wildman–Crippen MR) is 44.7 cm³/mol. The van der Waals surface area contributed by atoms with Crippen molar-refractivity contribution in [2.45, 2.75) is 12.8 Å². The zero-order chi connectivity index (χ0) is 6.41. The van der Waals surface area contributed by atoms with Gasteiger partial charge in [0.1, 0.15) is 0 Å². The molecule has 0 atom stereocenters. The maximum absolute atomic E-state index is 5.50. The summed E-state index contributed by atoms with van der Waals surface area (Å²) >= 11 is 2.37. The molecule has 8 heavy (non-hydrogen) atoms. The highest BCUT2D eigenvalue weighted by molar-refractivity contribution is 14.1. The monoisotopic (exact) mass is 226 g/mol. The summed E-state index contributed by atoms with van der Waals surface area (Å²) in [6.45, 7) is 5.11. The van der Waals surface area contributed by atoms with E-state index in [2.05, 4.69) is 32.7 Å². The zero-order valence-electron chi connectivity index (χ0n) is 4.86. The Balaban J connectivity index is 0.000000222. The Bertz CT molecular complexity index is 52.4. The molecule has 0 aromatic heterocycles. The molecule has 1 saturated heterocycles. The van der Waals surface area contributed by atoms with Crippen LogP contribution >= 0.6 is 22.9 Å². The highest BCUT2D eigenvalue weighted by atomic mass is 127. The van der Waals surface area contributed by atoms with Crippen molar-refractivity contribution in [3.05, 3.63) is 0 Å². The van der Waals surface area contributed by atoms with Gasteiger partial charge >= 0.3 is 0 Å². The van der Waals surface area contributed by atoms with Crippen LogP contribution in [0.15, 0.2) is 0 Å². The molecule has 1 fully saturated rings. The summed E-state index contributed by atoms with van der Waals surface area (Å²) in [6.07, 6.45) is 2.81. The summed E-state index contributed by atoms with van der Waals surface area (Å²) in [5.41, 5.74) is 0. The van der Waals surface area contributed by atoms with Crippen LogP contribution in [0, 0.1) is 5.41 Å². The lowest BCUT2D eigenvalue weighted by molar-refractivity contribution is 0.635. The number of nitrogens with zero attached hydrogens (tertiary/aromatic N) is 1. The maximum atomic E-state index is 5.50. The summed E-state index contributed by atoms with van der Waals surface area (Å²) in [6, 6.07) is 0. The molecule has 3 heteroatoms. The third-order valence-corrected chi connectivity index (χ3v) is 2.02. The van der Waals surface area contributed by atoms with E-state index in [0.29, 0.717) is 0 Å². The molecule has 1 N–H and O–H groups in total. The lowest BCUT2D eigenvalue weighted by Gasteiger charge is -1.97. The van der Waals surface area contributed by atoms with E-state index in [1.54, 1.807) is 0 Å². The molecule has 0 spiro atoms. The lowest BCUT2D eigenvalue weighted by atomic mass is 10.4. The molecule has 0 bridgehead atoms. The van der Waals surface area contributed by atoms with Crippen LogP contribution in [0.25, 0.3) is 0 Å². The van der Waals surface area contributed by atoms with Crippen molar-refractivity contribution in [1.82, 2.24) is 3.11 Å². The quantitative estimate of drug-likeness (QED) is 0.380. The molecule has 1 aliphatic heterocycles. The second-order valence-electron chi connectivity index (χ2n) is 1.62. The predicted octanol–water partition coefficient (Wildman–Crippen LogP) is 1.70. The molecule has 0 aliphatic carbocycles. The Labute approximate surface area is 64.3 Å². The molecule has 0 radical (unpaired) electrons. The first-order chi connectivity index (χ1) is 3.89. The van der Waals surface area contributed by atoms with Gasteiger partial charge in [0.2, 0.25) is 0 Å². The Morgan fingerprint density at radius 3 is 1.75 bits per heavy atom. The Kier molecular flexibility index (Phi) is 5.74. The van der Waals surface area contributed by atoms with Gasteiger partial charge in [0.05, 0.1) is 0 Å². The topological polar surface area (TPSA) is 27.1 Å². The second-order valence-corrected chi connectivity index (χ2v) is 2.98. The van der Waals surface area contributed by atoms with Gasteiger partial charge < -0.3 is 5.41 Å². The number of nitrogens with one attached hydrogen (secondary N) is 1. The van der Waals surface area contributed by atoms with Crippen molar-refractivity contribution in [2.24, 2.45) is 0 Å². The van der Waals surface area contributed by atoms with Gasteiger partial charge in [-0.2, -0.15) is 0 Å². The Morgan fingerprint density at radius 1 is 1.25 bits per heavy atom. The van der Waals surface area contributed by atoms with E-state index in [-0.39, 0.29) is 0 Å². The van der Waals surface area contributed by atoms with E-state index in [4.69, 9.17) is 5.41 Å². The van der Waals surface area contributed by atoms with Gasteiger partial charge in [0.25, 0.3) is 0 Å². The minimum atomic E-state index is 1.31. The minimum absolute atomic E-state index is 1.31. The second kappa shape index (κ2) is 5.50. The first-order valence-electron chi connectivity index (χ1n) is 2.66. The summed E-state index contributed by atoms with van der Waals surface area (Å²) in [5.74, 6) is 0. The third-order valence-electron chi connectivity index (χ3n) is 1.05. The fraction of sp³-hybridized carbons (Fsp3) is 0.800. The van der Waals surface area contributed by atoms with Gasteiger partial charge in [-0.1, -0.05) is 0 Å². The fourth-order valence-electron chi connectivity index (χ4n) is 0.679. The molecule has 0 aromatic rings. The van der Waals surface area contributed by atoms with Crippen LogP contribution in [-0.4, -0.2) is 22.9 Å². The molecule has 0 amide bonds. The van der Waals surface area contributed by atoms with Crippen molar-refractivity contribution >= 4 is 29.6 Å². The highest BCUT2D eigenvalue weighted by Crippen LogP contribution is 2.10. The highest BCUT2D eigenvalue weighted by Gasteiger charge is 2.05. The number of hydrogen-bond acceptors (Lipinski definition) is 2. The van der Waals surface area contributed by atoms with E-state index in [1.807, 2.05) is 0 Å². The van der Waals surface area contributed by atoms with Gasteiger partial charge in [-0.25, -0.2) is 3.11 Å².